The Bertz CT molecular complexity index is 371. The molecule has 0 bridgehead atoms. The van der Waals surface area contributed by atoms with Gasteiger partial charge in [-0.05, 0) is 43.2 Å². The normalized spacial score (nSPS) is 29.6. The van der Waals surface area contributed by atoms with Crippen LogP contribution in [0.5, 0.6) is 0 Å². The number of ether oxygens (including phenoxy) is 1. The third-order valence-electron chi connectivity index (χ3n) is 4.04. The van der Waals surface area contributed by atoms with Crippen molar-refractivity contribution in [1.29, 1.82) is 0 Å². The minimum atomic E-state index is 0.484. The lowest BCUT2D eigenvalue weighted by Crippen LogP contribution is -2.30. The molecule has 17 heavy (non-hydrogen) atoms. The van der Waals surface area contributed by atoms with Crippen LogP contribution in [-0.4, -0.2) is 17.7 Å². The number of pyridine rings is 1. The van der Waals surface area contributed by atoms with Gasteiger partial charge in [-0.15, -0.1) is 0 Å². The van der Waals surface area contributed by atoms with Crippen LogP contribution in [0.15, 0.2) is 36.7 Å². The second-order valence-corrected chi connectivity index (χ2v) is 5.14. The molecule has 2 aliphatic rings. The van der Waals surface area contributed by atoms with E-state index in [4.69, 9.17) is 4.74 Å². The van der Waals surface area contributed by atoms with Gasteiger partial charge in [0.25, 0.3) is 0 Å². The zero-order chi connectivity index (χ0) is 11.5. The summed E-state index contributed by atoms with van der Waals surface area (Å²) in [6.07, 6.45) is 13.7. The molecule has 2 heteroatoms. The van der Waals surface area contributed by atoms with Crippen molar-refractivity contribution >= 4 is 0 Å². The minimum Gasteiger partial charge on any atom is -0.377 e. The lowest BCUT2D eigenvalue weighted by atomic mass is 9.87. The van der Waals surface area contributed by atoms with Crippen LogP contribution >= 0.6 is 0 Å². The maximum Gasteiger partial charge on any atom is 0.0609 e. The molecule has 2 nitrogen and oxygen atoms in total. The van der Waals surface area contributed by atoms with E-state index < -0.39 is 0 Å². The third kappa shape index (κ3) is 2.42. The van der Waals surface area contributed by atoms with Gasteiger partial charge in [0.15, 0.2) is 0 Å². The lowest BCUT2D eigenvalue weighted by molar-refractivity contribution is -0.0281. The Labute approximate surface area is 103 Å². The predicted octanol–water partition coefficient (Wildman–Crippen LogP) is 3.31. The highest BCUT2D eigenvalue weighted by Crippen LogP contribution is 2.34. The van der Waals surface area contributed by atoms with E-state index in [0.29, 0.717) is 12.0 Å². The summed E-state index contributed by atoms with van der Waals surface area (Å²) in [6.45, 7) is 0.868. The number of aromatic nitrogens is 1. The van der Waals surface area contributed by atoms with E-state index in [1.165, 1.54) is 31.2 Å². The first-order chi connectivity index (χ1) is 8.43. The molecule has 90 valence electrons. The van der Waals surface area contributed by atoms with Crippen LogP contribution in [0.2, 0.25) is 0 Å². The highest BCUT2D eigenvalue weighted by Gasteiger charge is 2.29. The third-order valence-corrected chi connectivity index (χ3v) is 4.04. The van der Waals surface area contributed by atoms with E-state index in [0.717, 1.165) is 12.5 Å². The SMILES string of the molecule is C1=CCC(C2CCC(c3cccnc3)CO2)C1. The van der Waals surface area contributed by atoms with Crippen molar-refractivity contribution in [2.75, 3.05) is 6.61 Å². The van der Waals surface area contributed by atoms with Crippen LogP contribution in [0.4, 0.5) is 0 Å². The van der Waals surface area contributed by atoms with Gasteiger partial charge < -0.3 is 4.74 Å². The van der Waals surface area contributed by atoms with Crippen LogP contribution < -0.4 is 0 Å². The summed E-state index contributed by atoms with van der Waals surface area (Å²) in [5.41, 5.74) is 1.33. The number of hydrogen-bond donors (Lipinski definition) is 0. The fraction of sp³-hybridized carbons (Fsp3) is 0.533. The summed E-state index contributed by atoms with van der Waals surface area (Å²) in [6, 6.07) is 4.18. The van der Waals surface area contributed by atoms with Crippen molar-refractivity contribution in [1.82, 2.24) is 4.98 Å². The van der Waals surface area contributed by atoms with E-state index >= 15 is 0 Å². The molecule has 2 unspecified atom stereocenters. The second-order valence-electron chi connectivity index (χ2n) is 5.14. The largest absolute Gasteiger partial charge is 0.377 e. The first kappa shape index (κ1) is 11.0. The highest BCUT2D eigenvalue weighted by molar-refractivity contribution is 5.15. The Hall–Kier alpha value is -1.15. The molecular formula is C15H19NO. The van der Waals surface area contributed by atoms with Gasteiger partial charge in [-0.1, -0.05) is 18.2 Å². The quantitative estimate of drug-likeness (QED) is 0.726. The van der Waals surface area contributed by atoms with Crippen LogP contribution in [0, 0.1) is 5.92 Å². The molecule has 0 spiro atoms. The summed E-state index contributed by atoms with van der Waals surface area (Å²) < 4.78 is 6.06. The molecule has 1 aliphatic heterocycles. The van der Waals surface area contributed by atoms with Gasteiger partial charge in [0.1, 0.15) is 0 Å². The first-order valence-electron chi connectivity index (χ1n) is 6.60. The molecule has 0 radical (unpaired) electrons. The standard InChI is InChI=1S/C15H19NO/c1-2-5-12(4-1)15-8-7-14(11-17-15)13-6-3-9-16-10-13/h1-3,6,9-10,12,14-15H,4-5,7-8,11H2. The van der Waals surface area contributed by atoms with E-state index in [1.807, 2.05) is 18.5 Å². The average Bonchev–Trinajstić information content (AvgIpc) is 2.94. The molecule has 0 saturated carbocycles. The molecule has 2 atom stereocenters. The Morgan fingerprint density at radius 2 is 2.06 bits per heavy atom. The summed E-state index contributed by atoms with van der Waals surface area (Å²) in [7, 11) is 0. The minimum absolute atomic E-state index is 0.484. The van der Waals surface area contributed by atoms with Crippen molar-refractivity contribution in [3.05, 3.63) is 42.2 Å². The predicted molar refractivity (Wildman–Crippen MR) is 67.8 cm³/mol. The number of nitrogens with zero attached hydrogens (tertiary/aromatic N) is 1. The number of hydrogen-bond acceptors (Lipinski definition) is 2. The van der Waals surface area contributed by atoms with Gasteiger partial charge >= 0.3 is 0 Å². The Morgan fingerprint density at radius 1 is 1.18 bits per heavy atom. The molecule has 1 aromatic rings. The van der Waals surface area contributed by atoms with E-state index in [2.05, 4.69) is 23.2 Å². The molecule has 1 aromatic heterocycles. The fourth-order valence-electron chi connectivity index (χ4n) is 2.97. The van der Waals surface area contributed by atoms with Crippen LogP contribution in [0.25, 0.3) is 0 Å². The molecule has 1 fully saturated rings. The molecule has 1 saturated heterocycles. The topological polar surface area (TPSA) is 22.1 Å². The molecule has 0 aromatic carbocycles. The number of allylic oxidation sites excluding steroid dienone is 2. The smallest absolute Gasteiger partial charge is 0.0609 e. The van der Waals surface area contributed by atoms with Crippen molar-refractivity contribution in [2.45, 2.75) is 37.7 Å². The zero-order valence-electron chi connectivity index (χ0n) is 10.1. The van der Waals surface area contributed by atoms with Crippen LogP contribution in [0.1, 0.15) is 37.2 Å². The zero-order valence-corrected chi connectivity index (χ0v) is 10.1. The van der Waals surface area contributed by atoms with Gasteiger partial charge in [0, 0.05) is 18.3 Å². The Morgan fingerprint density at radius 3 is 2.71 bits per heavy atom. The first-order valence-corrected chi connectivity index (χ1v) is 6.60. The fourth-order valence-corrected chi connectivity index (χ4v) is 2.97. The van der Waals surface area contributed by atoms with E-state index in [-0.39, 0.29) is 0 Å². The highest BCUT2D eigenvalue weighted by atomic mass is 16.5. The molecular weight excluding hydrogens is 210 g/mol. The second kappa shape index (κ2) is 5.01. The van der Waals surface area contributed by atoms with Crippen molar-refractivity contribution in [2.24, 2.45) is 5.92 Å². The van der Waals surface area contributed by atoms with Gasteiger partial charge in [0.2, 0.25) is 0 Å². The van der Waals surface area contributed by atoms with Crippen LogP contribution in [-0.2, 0) is 4.74 Å². The van der Waals surface area contributed by atoms with Gasteiger partial charge in [-0.2, -0.15) is 0 Å². The molecule has 1 aliphatic carbocycles. The van der Waals surface area contributed by atoms with Crippen molar-refractivity contribution < 1.29 is 4.74 Å². The van der Waals surface area contributed by atoms with Crippen molar-refractivity contribution in [3.8, 4) is 0 Å². The van der Waals surface area contributed by atoms with Crippen molar-refractivity contribution in [3.63, 3.8) is 0 Å². The van der Waals surface area contributed by atoms with Gasteiger partial charge in [-0.3, -0.25) is 4.98 Å². The lowest BCUT2D eigenvalue weighted by Gasteiger charge is -2.32. The summed E-state index contributed by atoms with van der Waals surface area (Å²) in [5, 5.41) is 0. The van der Waals surface area contributed by atoms with E-state index in [9.17, 15) is 0 Å². The maximum absolute atomic E-state index is 6.06. The Kier molecular flexibility index (Phi) is 3.23. The summed E-state index contributed by atoms with van der Waals surface area (Å²) in [4.78, 5) is 4.19. The molecule has 0 N–H and O–H groups in total. The number of rotatable bonds is 2. The van der Waals surface area contributed by atoms with Gasteiger partial charge in [-0.25, -0.2) is 0 Å². The molecule has 0 amide bonds. The van der Waals surface area contributed by atoms with Crippen LogP contribution in [0.3, 0.4) is 0 Å². The van der Waals surface area contributed by atoms with E-state index in [1.54, 1.807) is 0 Å². The Balaban J connectivity index is 1.57. The molecule has 2 heterocycles. The average molecular weight is 229 g/mol. The van der Waals surface area contributed by atoms with Gasteiger partial charge in [0.05, 0.1) is 12.7 Å². The summed E-state index contributed by atoms with van der Waals surface area (Å²) in [5.74, 6) is 1.29. The maximum atomic E-state index is 6.06. The molecule has 3 rings (SSSR count). The monoisotopic (exact) mass is 229 g/mol. The summed E-state index contributed by atoms with van der Waals surface area (Å²) >= 11 is 0.